The first kappa shape index (κ1) is 20.9. The average molecular weight is 426 g/mol. The van der Waals surface area contributed by atoms with Crippen LogP contribution in [0.25, 0.3) is 5.69 Å². The van der Waals surface area contributed by atoms with Gasteiger partial charge in [-0.1, -0.05) is 30.3 Å². The number of amides is 2. The Morgan fingerprint density at radius 2 is 1.47 bits per heavy atom. The number of hydrogen-bond donors (Lipinski definition) is 3. The van der Waals surface area contributed by atoms with Crippen LogP contribution in [0, 0.1) is 13.8 Å². The van der Waals surface area contributed by atoms with E-state index in [0.717, 1.165) is 11.4 Å². The Morgan fingerprint density at radius 1 is 0.812 bits per heavy atom. The Hall–Kier alpha value is -4.39. The Kier molecular flexibility index (Phi) is 5.72. The third-order valence-electron chi connectivity index (χ3n) is 5.08. The van der Waals surface area contributed by atoms with Gasteiger partial charge in [-0.05, 0) is 62.4 Å². The minimum Gasteiger partial charge on any atom is -0.507 e. The zero-order valence-electron chi connectivity index (χ0n) is 17.7. The molecule has 0 aliphatic heterocycles. The number of phenols is 1. The summed E-state index contributed by atoms with van der Waals surface area (Å²) >= 11 is 0. The van der Waals surface area contributed by atoms with Gasteiger partial charge in [-0.3, -0.25) is 9.59 Å². The van der Waals surface area contributed by atoms with Crippen LogP contribution in [0.3, 0.4) is 0 Å². The van der Waals surface area contributed by atoms with E-state index in [1.165, 1.54) is 12.1 Å². The van der Waals surface area contributed by atoms with Crippen LogP contribution >= 0.6 is 0 Å². The molecule has 0 saturated heterocycles. The Labute approximate surface area is 185 Å². The van der Waals surface area contributed by atoms with Gasteiger partial charge in [0.05, 0.1) is 28.3 Å². The molecule has 7 nitrogen and oxygen atoms in total. The Morgan fingerprint density at radius 3 is 2.16 bits per heavy atom. The summed E-state index contributed by atoms with van der Waals surface area (Å²) in [5.41, 5.74) is 4.25. The van der Waals surface area contributed by atoms with Crippen molar-refractivity contribution in [1.29, 1.82) is 0 Å². The van der Waals surface area contributed by atoms with E-state index in [2.05, 4.69) is 15.7 Å². The van der Waals surface area contributed by atoms with Gasteiger partial charge in [-0.2, -0.15) is 5.10 Å². The maximum absolute atomic E-state index is 12.8. The molecule has 0 atom stereocenters. The van der Waals surface area contributed by atoms with E-state index in [4.69, 9.17) is 0 Å². The van der Waals surface area contributed by atoms with Crippen molar-refractivity contribution < 1.29 is 14.7 Å². The largest absolute Gasteiger partial charge is 0.507 e. The molecule has 4 rings (SSSR count). The fraction of sp³-hybridized carbons (Fsp3) is 0.0800. The molecule has 0 aliphatic rings. The standard InChI is InChI=1S/C25H22N4O3/c1-16-23(17(2)29(28-16)20-8-4-3-5-9-20)27-24(31)18-12-14-19(15-13-18)26-25(32)21-10-6-7-11-22(21)30/h3-15,30H,1-2H3,(H,26,32)(H,27,31). The van der Waals surface area contributed by atoms with Crippen molar-refractivity contribution in [3.8, 4) is 11.4 Å². The molecule has 160 valence electrons. The maximum Gasteiger partial charge on any atom is 0.259 e. The smallest absolute Gasteiger partial charge is 0.259 e. The molecule has 0 aliphatic carbocycles. The topological polar surface area (TPSA) is 96.3 Å². The molecule has 0 bridgehead atoms. The van der Waals surface area contributed by atoms with Gasteiger partial charge in [-0.25, -0.2) is 4.68 Å². The van der Waals surface area contributed by atoms with Crippen LogP contribution in [-0.2, 0) is 0 Å². The van der Waals surface area contributed by atoms with E-state index >= 15 is 0 Å². The molecule has 3 N–H and O–H groups in total. The monoisotopic (exact) mass is 426 g/mol. The summed E-state index contributed by atoms with van der Waals surface area (Å²) in [6.07, 6.45) is 0. The molecule has 0 fully saturated rings. The fourth-order valence-corrected chi connectivity index (χ4v) is 3.40. The van der Waals surface area contributed by atoms with Gasteiger partial charge >= 0.3 is 0 Å². The summed E-state index contributed by atoms with van der Waals surface area (Å²) in [6, 6.07) is 22.5. The molecule has 2 amide bonds. The highest BCUT2D eigenvalue weighted by atomic mass is 16.3. The second-order valence-electron chi connectivity index (χ2n) is 7.30. The van der Waals surface area contributed by atoms with Gasteiger partial charge < -0.3 is 15.7 Å². The van der Waals surface area contributed by atoms with Crippen molar-refractivity contribution in [2.45, 2.75) is 13.8 Å². The summed E-state index contributed by atoms with van der Waals surface area (Å²) < 4.78 is 1.79. The fourth-order valence-electron chi connectivity index (χ4n) is 3.40. The first-order valence-electron chi connectivity index (χ1n) is 10.1. The predicted molar refractivity (Wildman–Crippen MR) is 123 cm³/mol. The van der Waals surface area contributed by atoms with E-state index in [1.54, 1.807) is 41.1 Å². The second kappa shape index (κ2) is 8.77. The number of nitrogens with zero attached hydrogens (tertiary/aromatic N) is 2. The molecule has 0 spiro atoms. The molecule has 4 aromatic rings. The molecular weight excluding hydrogens is 404 g/mol. The van der Waals surface area contributed by atoms with Crippen molar-refractivity contribution in [3.63, 3.8) is 0 Å². The number of hydrogen-bond acceptors (Lipinski definition) is 4. The van der Waals surface area contributed by atoms with Crippen LogP contribution in [-0.4, -0.2) is 26.7 Å². The van der Waals surface area contributed by atoms with E-state index in [0.29, 0.717) is 22.6 Å². The third-order valence-corrected chi connectivity index (χ3v) is 5.08. The molecule has 0 unspecified atom stereocenters. The van der Waals surface area contributed by atoms with Crippen LogP contribution in [0.4, 0.5) is 11.4 Å². The zero-order chi connectivity index (χ0) is 22.7. The quantitative estimate of drug-likeness (QED) is 0.431. The average Bonchev–Trinajstić information content (AvgIpc) is 3.08. The number of benzene rings is 3. The third kappa shape index (κ3) is 4.22. The van der Waals surface area contributed by atoms with Gasteiger partial charge in [0.1, 0.15) is 5.75 Å². The highest BCUT2D eigenvalue weighted by molar-refractivity contribution is 6.07. The molecule has 32 heavy (non-hydrogen) atoms. The lowest BCUT2D eigenvalue weighted by Crippen LogP contribution is -2.14. The highest BCUT2D eigenvalue weighted by Gasteiger charge is 2.16. The zero-order valence-corrected chi connectivity index (χ0v) is 17.7. The van der Waals surface area contributed by atoms with Gasteiger partial charge in [-0.15, -0.1) is 0 Å². The maximum atomic E-state index is 12.8. The predicted octanol–water partition coefficient (Wildman–Crippen LogP) is 4.70. The minimum atomic E-state index is -0.431. The van der Waals surface area contributed by atoms with Crippen LogP contribution in [0.2, 0.25) is 0 Å². The first-order valence-corrected chi connectivity index (χ1v) is 10.1. The second-order valence-corrected chi connectivity index (χ2v) is 7.30. The minimum absolute atomic E-state index is 0.0946. The van der Waals surface area contributed by atoms with Crippen LogP contribution < -0.4 is 10.6 Å². The Balaban J connectivity index is 1.48. The number of para-hydroxylation sites is 2. The SMILES string of the molecule is Cc1nn(-c2ccccc2)c(C)c1NC(=O)c1ccc(NC(=O)c2ccccc2O)cc1. The van der Waals surface area contributed by atoms with E-state index in [9.17, 15) is 14.7 Å². The first-order chi connectivity index (χ1) is 15.4. The summed E-state index contributed by atoms with van der Waals surface area (Å²) in [5.74, 6) is -0.801. The number of carbonyl (C=O) groups is 2. The summed E-state index contributed by atoms with van der Waals surface area (Å²) in [6.45, 7) is 3.75. The van der Waals surface area contributed by atoms with Crippen LogP contribution in [0.15, 0.2) is 78.9 Å². The number of aromatic hydroxyl groups is 1. The van der Waals surface area contributed by atoms with Crippen molar-refractivity contribution in [2.24, 2.45) is 0 Å². The van der Waals surface area contributed by atoms with Gasteiger partial charge in [0, 0.05) is 11.3 Å². The molecule has 3 aromatic carbocycles. The van der Waals surface area contributed by atoms with Crippen LogP contribution in [0.5, 0.6) is 5.75 Å². The van der Waals surface area contributed by atoms with Crippen molar-refractivity contribution in [2.75, 3.05) is 10.6 Å². The molecular formula is C25H22N4O3. The lowest BCUT2D eigenvalue weighted by molar-refractivity contribution is 0.101. The lowest BCUT2D eigenvalue weighted by atomic mass is 10.1. The van der Waals surface area contributed by atoms with Gasteiger partial charge in [0.25, 0.3) is 11.8 Å². The van der Waals surface area contributed by atoms with Crippen molar-refractivity contribution >= 4 is 23.2 Å². The van der Waals surface area contributed by atoms with E-state index in [-0.39, 0.29) is 17.2 Å². The summed E-state index contributed by atoms with van der Waals surface area (Å²) in [7, 11) is 0. The highest BCUT2D eigenvalue weighted by Crippen LogP contribution is 2.24. The number of rotatable bonds is 5. The van der Waals surface area contributed by atoms with Crippen LogP contribution in [0.1, 0.15) is 32.1 Å². The van der Waals surface area contributed by atoms with E-state index < -0.39 is 5.91 Å². The van der Waals surface area contributed by atoms with Crippen molar-refractivity contribution in [3.05, 3.63) is 101 Å². The molecule has 1 heterocycles. The van der Waals surface area contributed by atoms with Gasteiger partial charge in [0.2, 0.25) is 0 Å². The number of phenolic OH excluding ortho intramolecular Hbond substituents is 1. The van der Waals surface area contributed by atoms with Crippen molar-refractivity contribution in [1.82, 2.24) is 9.78 Å². The summed E-state index contributed by atoms with van der Waals surface area (Å²) in [5, 5.41) is 20.0. The number of aryl methyl sites for hydroxylation is 1. The lowest BCUT2D eigenvalue weighted by Gasteiger charge is -2.09. The summed E-state index contributed by atoms with van der Waals surface area (Å²) in [4.78, 5) is 25.1. The number of anilines is 2. The number of carbonyl (C=O) groups excluding carboxylic acids is 2. The molecule has 1 aromatic heterocycles. The number of nitrogens with one attached hydrogen (secondary N) is 2. The molecule has 7 heteroatoms. The molecule has 0 radical (unpaired) electrons. The van der Waals surface area contributed by atoms with E-state index in [1.807, 2.05) is 44.2 Å². The van der Waals surface area contributed by atoms with Gasteiger partial charge in [0.15, 0.2) is 0 Å². The molecule has 0 saturated carbocycles. The normalized spacial score (nSPS) is 10.6. The Bertz CT molecular complexity index is 1280. The number of aromatic nitrogens is 2.